The van der Waals surface area contributed by atoms with Crippen molar-refractivity contribution in [3.05, 3.63) is 92.4 Å². The summed E-state index contributed by atoms with van der Waals surface area (Å²) in [6.45, 7) is 4.70. The zero-order valence-electron chi connectivity index (χ0n) is 26.1. The Labute approximate surface area is 272 Å². The minimum absolute atomic E-state index is 0.0545. The van der Waals surface area contributed by atoms with E-state index in [1.165, 1.54) is 12.8 Å². The molecule has 0 amide bonds. The summed E-state index contributed by atoms with van der Waals surface area (Å²) in [5, 5.41) is 10.4. The molecule has 4 aromatic rings. The molecule has 12 heteroatoms. The van der Waals surface area contributed by atoms with Crippen LogP contribution < -0.4 is 10.9 Å². The molecule has 3 unspecified atom stereocenters. The lowest BCUT2D eigenvalue weighted by atomic mass is 10.2. The van der Waals surface area contributed by atoms with E-state index in [0.29, 0.717) is 45.6 Å². The third kappa shape index (κ3) is 9.10. The zero-order chi connectivity index (χ0) is 32.9. The number of aliphatic hydroxyl groups is 1. The molecule has 6 rings (SSSR count). The maximum atomic E-state index is 12.7. The lowest BCUT2D eigenvalue weighted by Gasteiger charge is -2.22. The Balaban J connectivity index is 0.000000182. The monoisotopic (exact) mass is 672 g/mol. The van der Waals surface area contributed by atoms with Gasteiger partial charge in [0.05, 0.1) is 69.6 Å². The Kier molecular flexibility index (Phi) is 13.9. The number of fused-ring (bicyclic) bond motifs is 2. The first-order valence-electron chi connectivity index (χ1n) is 15.4. The summed E-state index contributed by atoms with van der Waals surface area (Å²) >= 11 is 0. The zero-order valence-corrected chi connectivity index (χ0v) is 27.7. The third-order valence-corrected chi connectivity index (χ3v) is 9.72. The predicted octanol–water partition coefficient (Wildman–Crippen LogP) is 5.69. The Morgan fingerprint density at radius 3 is 1.85 bits per heavy atom. The lowest BCUT2D eigenvalue weighted by molar-refractivity contribution is -0.169. The fraction of sp³-hybridized carbons (Fsp3) is 0.412. The molecule has 2 aromatic heterocycles. The van der Waals surface area contributed by atoms with E-state index in [1.807, 2.05) is 6.08 Å². The molecule has 0 bridgehead atoms. The van der Waals surface area contributed by atoms with Crippen molar-refractivity contribution in [2.45, 2.75) is 75.6 Å². The summed E-state index contributed by atoms with van der Waals surface area (Å²) in [4.78, 5) is 24.8. The van der Waals surface area contributed by atoms with Gasteiger partial charge in [0.15, 0.2) is 27.3 Å². The van der Waals surface area contributed by atoms with Crippen LogP contribution in [0, 0.1) is 0 Å². The third-order valence-electron chi connectivity index (χ3n) is 7.18. The van der Waals surface area contributed by atoms with Crippen LogP contribution in [0.15, 0.2) is 89.5 Å². The molecule has 2 aliphatic heterocycles. The van der Waals surface area contributed by atoms with E-state index in [4.69, 9.17) is 23.0 Å². The van der Waals surface area contributed by atoms with Crippen molar-refractivity contribution in [1.82, 2.24) is 0 Å². The van der Waals surface area contributed by atoms with E-state index in [-0.39, 0.29) is 39.5 Å². The van der Waals surface area contributed by atoms with E-state index < -0.39 is 28.2 Å². The number of benzene rings is 2. The molecule has 10 nitrogen and oxygen atoms in total. The molecule has 3 atom stereocenters. The number of rotatable bonds is 8. The van der Waals surface area contributed by atoms with E-state index in [9.17, 15) is 23.1 Å². The average molecular weight is 673 g/mol. The molecule has 2 aliphatic rings. The average Bonchev–Trinajstić information content (AvgIpc) is 3.12. The molecule has 1 saturated heterocycles. The second-order valence-electron chi connectivity index (χ2n) is 10.3. The van der Waals surface area contributed by atoms with E-state index in [2.05, 4.69) is 0 Å². The van der Waals surface area contributed by atoms with Crippen LogP contribution in [0.4, 0.5) is 0 Å². The summed E-state index contributed by atoms with van der Waals surface area (Å²) in [5.74, 6) is 0.725. The maximum Gasteiger partial charge on any atom is 0.200 e. The van der Waals surface area contributed by atoms with Gasteiger partial charge in [-0.15, -0.1) is 0 Å². The molecular formula is C34H40O10S2. The molecule has 2 aromatic carbocycles. The van der Waals surface area contributed by atoms with Gasteiger partial charge in [-0.25, -0.2) is 0 Å². The molecule has 0 radical (unpaired) electrons. The Morgan fingerprint density at radius 2 is 1.39 bits per heavy atom. The number of hydrogen-bond donors (Lipinski definition) is 1. The van der Waals surface area contributed by atoms with Crippen molar-refractivity contribution in [2.75, 3.05) is 24.7 Å². The second-order valence-corrected chi connectivity index (χ2v) is 13.6. The summed E-state index contributed by atoms with van der Waals surface area (Å²) in [7, 11) is -2.76. The van der Waals surface area contributed by atoms with Crippen molar-refractivity contribution in [3.8, 4) is 0 Å². The van der Waals surface area contributed by atoms with Crippen LogP contribution in [-0.2, 0) is 49.0 Å². The fourth-order valence-corrected chi connectivity index (χ4v) is 6.47. The van der Waals surface area contributed by atoms with Gasteiger partial charge < -0.3 is 28.2 Å². The standard InChI is InChI=1S/C17H20O5S.C12H12O4S.C5H8O/c1-2-23(19)17-13(11-21-15-9-5-6-10-20-15)16(18)12-7-3-4-8-14(12)22-17;1-2-17(15)12-9(7-13)11(14)8-5-3-4-6-10(8)16-12;1-2-4-6-5-3-1/h3-4,7-8,15H,2,5-6,9-11H2,1H3;3-6,13H,2,7H2,1H3;2,4H,1,3,5H2. The number of para-hydroxylation sites is 2. The normalized spacial score (nSPS) is 17.2. The SMILES string of the molecule is C1=COCCC1.CCS(=O)c1oc2ccccc2c(=O)c1CO.CCS(=O)c1oc2ccccc2c(=O)c1COC1CCCCO1. The summed E-state index contributed by atoms with van der Waals surface area (Å²) in [5.41, 5.74) is 0.769. The van der Waals surface area contributed by atoms with E-state index in [0.717, 1.165) is 25.9 Å². The van der Waals surface area contributed by atoms with Crippen LogP contribution in [0.3, 0.4) is 0 Å². The number of ether oxygens (including phenoxy) is 3. The minimum Gasteiger partial charge on any atom is -0.502 e. The van der Waals surface area contributed by atoms with Crippen LogP contribution in [0.1, 0.15) is 57.1 Å². The number of allylic oxidation sites excluding steroid dienone is 1. The van der Waals surface area contributed by atoms with Crippen molar-refractivity contribution < 1.29 is 36.6 Å². The van der Waals surface area contributed by atoms with Gasteiger partial charge >= 0.3 is 0 Å². The van der Waals surface area contributed by atoms with Gasteiger partial charge in [0, 0.05) is 18.1 Å². The smallest absolute Gasteiger partial charge is 0.200 e. The quantitative estimate of drug-likeness (QED) is 0.248. The summed E-state index contributed by atoms with van der Waals surface area (Å²) in [6, 6.07) is 13.7. The highest BCUT2D eigenvalue weighted by atomic mass is 32.2. The molecule has 0 spiro atoms. The lowest BCUT2D eigenvalue weighted by Crippen LogP contribution is -2.24. The molecule has 46 heavy (non-hydrogen) atoms. The van der Waals surface area contributed by atoms with Crippen molar-refractivity contribution in [3.63, 3.8) is 0 Å². The summed E-state index contributed by atoms with van der Waals surface area (Å²) in [6.07, 6.45) is 8.78. The van der Waals surface area contributed by atoms with Crippen LogP contribution in [-0.4, -0.2) is 44.5 Å². The van der Waals surface area contributed by atoms with Crippen LogP contribution in [0.5, 0.6) is 0 Å². The van der Waals surface area contributed by atoms with E-state index >= 15 is 0 Å². The number of aliphatic hydroxyl groups excluding tert-OH is 1. The fourth-order valence-electron chi connectivity index (χ4n) is 4.72. The van der Waals surface area contributed by atoms with Crippen molar-refractivity contribution >= 4 is 43.5 Å². The largest absolute Gasteiger partial charge is 0.502 e. The van der Waals surface area contributed by atoms with Crippen molar-refractivity contribution in [2.24, 2.45) is 0 Å². The number of hydrogen-bond acceptors (Lipinski definition) is 10. The molecular weight excluding hydrogens is 632 g/mol. The minimum atomic E-state index is -1.39. The first-order valence-corrected chi connectivity index (χ1v) is 18.0. The molecule has 4 heterocycles. The maximum absolute atomic E-state index is 12.7. The first-order chi connectivity index (χ1) is 22.4. The predicted molar refractivity (Wildman–Crippen MR) is 177 cm³/mol. The van der Waals surface area contributed by atoms with Gasteiger partial charge in [-0.2, -0.15) is 0 Å². The van der Waals surface area contributed by atoms with Gasteiger partial charge in [-0.05, 0) is 62.4 Å². The van der Waals surface area contributed by atoms with E-state index in [1.54, 1.807) is 68.6 Å². The Morgan fingerprint density at radius 1 is 0.804 bits per heavy atom. The summed E-state index contributed by atoms with van der Waals surface area (Å²) < 4.78 is 51.4. The van der Waals surface area contributed by atoms with Crippen LogP contribution in [0.25, 0.3) is 21.9 Å². The highest BCUT2D eigenvalue weighted by molar-refractivity contribution is 7.85. The van der Waals surface area contributed by atoms with Gasteiger partial charge in [-0.1, -0.05) is 38.1 Å². The highest BCUT2D eigenvalue weighted by Crippen LogP contribution is 2.22. The molecule has 248 valence electrons. The molecule has 0 saturated carbocycles. The Hall–Kier alpha value is -3.42. The Bertz CT molecular complexity index is 1780. The van der Waals surface area contributed by atoms with Crippen LogP contribution in [0.2, 0.25) is 0 Å². The van der Waals surface area contributed by atoms with Crippen molar-refractivity contribution in [1.29, 1.82) is 0 Å². The highest BCUT2D eigenvalue weighted by Gasteiger charge is 2.22. The molecule has 1 fully saturated rings. The van der Waals surface area contributed by atoms with Gasteiger partial charge in [0.2, 0.25) is 0 Å². The van der Waals surface area contributed by atoms with Gasteiger partial charge in [0.25, 0.3) is 0 Å². The molecule has 0 aliphatic carbocycles. The molecule has 1 N–H and O–H groups in total. The van der Waals surface area contributed by atoms with Crippen LogP contribution >= 0.6 is 0 Å². The second kappa shape index (κ2) is 18.1. The first kappa shape index (κ1) is 35.4. The topological polar surface area (TPSA) is 142 Å². The van der Waals surface area contributed by atoms with Gasteiger partial charge in [0.1, 0.15) is 11.2 Å². The van der Waals surface area contributed by atoms with Gasteiger partial charge in [-0.3, -0.25) is 18.0 Å².